The second-order valence-electron chi connectivity index (χ2n) is 7.06. The molecule has 2 aromatic heterocycles. The summed E-state index contributed by atoms with van der Waals surface area (Å²) in [6.45, 7) is 2.56. The van der Waals surface area contributed by atoms with E-state index in [0.29, 0.717) is 42.6 Å². The molecule has 0 spiro atoms. The number of aromatic nitrogens is 3. The first-order chi connectivity index (χ1) is 14.1. The zero-order valence-electron chi connectivity index (χ0n) is 16.5. The third kappa shape index (κ3) is 3.80. The van der Waals surface area contributed by atoms with Gasteiger partial charge in [-0.2, -0.15) is 0 Å². The number of nitrogens with zero attached hydrogens (tertiary/aromatic N) is 4. The quantitative estimate of drug-likeness (QED) is 0.618. The Morgan fingerprint density at radius 3 is 2.97 bits per heavy atom. The van der Waals surface area contributed by atoms with Crippen LogP contribution in [0.1, 0.15) is 28.5 Å². The summed E-state index contributed by atoms with van der Waals surface area (Å²) >= 11 is 6.03. The van der Waals surface area contributed by atoms with E-state index >= 15 is 0 Å². The van der Waals surface area contributed by atoms with Gasteiger partial charge in [-0.25, -0.2) is 4.98 Å². The van der Waals surface area contributed by atoms with E-state index in [0.717, 1.165) is 23.3 Å². The smallest absolute Gasteiger partial charge is 0.257 e. The van der Waals surface area contributed by atoms with Crippen LogP contribution >= 0.6 is 11.6 Å². The molecule has 0 saturated carbocycles. The number of benzene rings is 1. The maximum Gasteiger partial charge on any atom is 0.257 e. The van der Waals surface area contributed by atoms with Crippen molar-refractivity contribution in [2.75, 3.05) is 33.9 Å². The Bertz CT molecular complexity index is 1040. The van der Waals surface area contributed by atoms with Gasteiger partial charge in [0.2, 0.25) is 0 Å². The van der Waals surface area contributed by atoms with Gasteiger partial charge in [0.05, 0.1) is 36.5 Å². The van der Waals surface area contributed by atoms with Crippen LogP contribution in [-0.4, -0.2) is 59.3 Å². The van der Waals surface area contributed by atoms with Crippen molar-refractivity contribution in [2.45, 2.75) is 18.9 Å². The Hall–Kier alpha value is -2.64. The molecule has 8 heteroatoms. The SMILES string of the molecule is COCCn1c([C@H]2CCN(C(=O)c3ccc(Cl)cc3OC)C2)nc2ccncc21. The van der Waals surface area contributed by atoms with Crippen molar-refractivity contribution in [3.63, 3.8) is 0 Å². The van der Waals surface area contributed by atoms with Crippen LogP contribution in [-0.2, 0) is 11.3 Å². The highest BCUT2D eigenvalue weighted by atomic mass is 35.5. The highest BCUT2D eigenvalue weighted by Crippen LogP contribution is 2.32. The van der Waals surface area contributed by atoms with Gasteiger partial charge >= 0.3 is 0 Å². The van der Waals surface area contributed by atoms with Gasteiger partial charge in [0.1, 0.15) is 11.6 Å². The number of halogens is 1. The number of pyridine rings is 1. The van der Waals surface area contributed by atoms with Crippen molar-refractivity contribution >= 4 is 28.5 Å². The maximum absolute atomic E-state index is 13.1. The molecule has 0 N–H and O–H groups in total. The summed E-state index contributed by atoms with van der Waals surface area (Å²) in [5.74, 6) is 1.57. The molecule has 1 aromatic carbocycles. The Labute approximate surface area is 174 Å². The van der Waals surface area contributed by atoms with Crippen molar-refractivity contribution in [3.05, 3.63) is 53.1 Å². The zero-order valence-corrected chi connectivity index (χ0v) is 17.2. The lowest BCUT2D eigenvalue weighted by Gasteiger charge is -2.19. The molecule has 3 aromatic rings. The van der Waals surface area contributed by atoms with E-state index < -0.39 is 0 Å². The number of hydrogen-bond donors (Lipinski definition) is 0. The molecule has 4 rings (SSSR count). The number of rotatable bonds is 6. The van der Waals surface area contributed by atoms with Crippen LogP contribution in [0.4, 0.5) is 0 Å². The minimum absolute atomic E-state index is 0.0535. The molecule has 3 heterocycles. The lowest BCUT2D eigenvalue weighted by molar-refractivity contribution is 0.0787. The van der Waals surface area contributed by atoms with Crippen LogP contribution in [0.15, 0.2) is 36.7 Å². The van der Waals surface area contributed by atoms with Gasteiger partial charge in [-0.15, -0.1) is 0 Å². The fourth-order valence-electron chi connectivity index (χ4n) is 3.89. The number of ether oxygens (including phenoxy) is 2. The van der Waals surface area contributed by atoms with Gasteiger partial charge in [-0.1, -0.05) is 11.6 Å². The Kier molecular flexibility index (Phi) is 5.69. The van der Waals surface area contributed by atoms with E-state index in [1.807, 2.05) is 17.2 Å². The van der Waals surface area contributed by atoms with Crippen molar-refractivity contribution < 1.29 is 14.3 Å². The molecule has 1 amide bonds. The maximum atomic E-state index is 13.1. The Balaban J connectivity index is 1.59. The normalized spacial score (nSPS) is 16.5. The number of hydrogen-bond acceptors (Lipinski definition) is 5. The summed E-state index contributed by atoms with van der Waals surface area (Å²) in [6.07, 6.45) is 4.43. The van der Waals surface area contributed by atoms with Gasteiger partial charge in [0.25, 0.3) is 5.91 Å². The molecule has 1 aliphatic rings. The monoisotopic (exact) mass is 414 g/mol. The first kappa shape index (κ1) is 19.7. The third-order valence-electron chi connectivity index (χ3n) is 5.33. The molecule has 7 nitrogen and oxygen atoms in total. The lowest BCUT2D eigenvalue weighted by Crippen LogP contribution is -2.29. The number of imidazole rings is 1. The first-order valence-electron chi connectivity index (χ1n) is 9.54. The van der Waals surface area contributed by atoms with Crippen molar-refractivity contribution in [1.82, 2.24) is 19.4 Å². The summed E-state index contributed by atoms with van der Waals surface area (Å²) in [4.78, 5) is 24.0. The molecule has 29 heavy (non-hydrogen) atoms. The number of carbonyl (C=O) groups is 1. The Morgan fingerprint density at radius 1 is 1.31 bits per heavy atom. The highest BCUT2D eigenvalue weighted by Gasteiger charge is 2.32. The van der Waals surface area contributed by atoms with Crippen molar-refractivity contribution in [1.29, 1.82) is 0 Å². The lowest BCUT2D eigenvalue weighted by atomic mass is 10.1. The molecule has 0 aliphatic carbocycles. The number of methoxy groups -OCH3 is 2. The number of amides is 1. The summed E-state index contributed by atoms with van der Waals surface area (Å²) in [5.41, 5.74) is 2.42. The average Bonchev–Trinajstić information content (AvgIpc) is 3.36. The van der Waals surface area contributed by atoms with Crippen LogP contribution in [0.3, 0.4) is 0 Å². The summed E-state index contributed by atoms with van der Waals surface area (Å²) in [7, 11) is 3.23. The first-order valence-corrected chi connectivity index (χ1v) is 9.92. The molecule has 152 valence electrons. The number of carbonyl (C=O) groups excluding carboxylic acids is 1. The number of fused-ring (bicyclic) bond motifs is 1. The van der Waals surface area contributed by atoms with E-state index in [2.05, 4.69) is 9.55 Å². The van der Waals surface area contributed by atoms with Gasteiger partial charge < -0.3 is 18.9 Å². The van der Waals surface area contributed by atoms with E-state index in [1.54, 1.807) is 38.6 Å². The van der Waals surface area contributed by atoms with E-state index in [-0.39, 0.29) is 11.8 Å². The summed E-state index contributed by atoms with van der Waals surface area (Å²) < 4.78 is 12.8. The predicted octanol–water partition coefficient (Wildman–Crippen LogP) is 3.37. The molecule has 1 aliphatic heterocycles. The average molecular weight is 415 g/mol. The number of likely N-dealkylation sites (tertiary alicyclic amines) is 1. The fourth-order valence-corrected chi connectivity index (χ4v) is 4.05. The molecule has 1 atom stereocenters. The molecule has 1 fully saturated rings. The Morgan fingerprint density at radius 2 is 2.17 bits per heavy atom. The van der Waals surface area contributed by atoms with E-state index in [9.17, 15) is 4.79 Å². The van der Waals surface area contributed by atoms with Gasteiger partial charge in [-0.05, 0) is 30.7 Å². The topological polar surface area (TPSA) is 69.5 Å². The van der Waals surface area contributed by atoms with Crippen molar-refractivity contribution in [2.24, 2.45) is 0 Å². The standard InChI is InChI=1S/C21H23ClN4O3/c1-28-10-9-26-18-12-23-7-5-17(18)24-20(26)14-6-8-25(13-14)21(27)16-4-3-15(22)11-19(16)29-2/h3-5,7,11-12,14H,6,8-10,13H2,1-2H3/t14-/m0/s1. The molecular formula is C21H23ClN4O3. The van der Waals surface area contributed by atoms with Crippen LogP contribution in [0, 0.1) is 0 Å². The predicted molar refractivity (Wildman–Crippen MR) is 111 cm³/mol. The van der Waals surface area contributed by atoms with E-state index in [4.69, 9.17) is 26.1 Å². The minimum atomic E-state index is -0.0535. The molecule has 1 saturated heterocycles. The minimum Gasteiger partial charge on any atom is -0.496 e. The zero-order chi connectivity index (χ0) is 20.4. The van der Waals surface area contributed by atoms with Crippen molar-refractivity contribution in [3.8, 4) is 5.75 Å². The van der Waals surface area contributed by atoms with Crippen LogP contribution in [0.2, 0.25) is 5.02 Å². The second-order valence-corrected chi connectivity index (χ2v) is 7.50. The van der Waals surface area contributed by atoms with Gasteiger partial charge in [-0.3, -0.25) is 9.78 Å². The summed E-state index contributed by atoms with van der Waals surface area (Å²) in [6, 6.07) is 7.01. The van der Waals surface area contributed by atoms with Gasteiger partial charge in [0, 0.05) is 43.9 Å². The van der Waals surface area contributed by atoms with E-state index in [1.165, 1.54) is 0 Å². The summed E-state index contributed by atoms with van der Waals surface area (Å²) in [5, 5.41) is 0.540. The third-order valence-corrected chi connectivity index (χ3v) is 5.57. The molecule has 0 unspecified atom stereocenters. The molecule has 0 radical (unpaired) electrons. The largest absolute Gasteiger partial charge is 0.496 e. The molecule has 0 bridgehead atoms. The van der Waals surface area contributed by atoms with Crippen LogP contribution in [0.25, 0.3) is 11.0 Å². The second kappa shape index (κ2) is 8.39. The fraction of sp³-hybridized carbons (Fsp3) is 0.381. The molecular weight excluding hydrogens is 392 g/mol. The van der Waals surface area contributed by atoms with Crippen LogP contribution in [0.5, 0.6) is 5.75 Å². The van der Waals surface area contributed by atoms with Crippen LogP contribution < -0.4 is 4.74 Å². The van der Waals surface area contributed by atoms with Gasteiger partial charge in [0.15, 0.2) is 0 Å². The highest BCUT2D eigenvalue weighted by molar-refractivity contribution is 6.30.